The van der Waals surface area contributed by atoms with Crippen LogP contribution in [-0.2, 0) is 4.79 Å². The molecule has 5 nitrogen and oxygen atoms in total. The Balaban J connectivity index is 2.46. The summed E-state index contributed by atoms with van der Waals surface area (Å²) >= 11 is 0. The number of carboxylic acids is 1. The van der Waals surface area contributed by atoms with Crippen LogP contribution < -0.4 is 0 Å². The molecule has 0 aromatic carbocycles. The van der Waals surface area contributed by atoms with Crippen molar-refractivity contribution in [3.63, 3.8) is 0 Å². The van der Waals surface area contributed by atoms with Crippen LogP contribution in [0, 0.1) is 5.92 Å². The van der Waals surface area contributed by atoms with Gasteiger partial charge in [0.15, 0.2) is 0 Å². The molecule has 1 aliphatic rings. The summed E-state index contributed by atoms with van der Waals surface area (Å²) < 4.78 is 0. The Morgan fingerprint density at radius 3 is 2.82 bits per heavy atom. The number of azide groups is 1. The van der Waals surface area contributed by atoms with Crippen LogP contribution in [0.3, 0.4) is 0 Å². The SMILES string of the molecule is [N-]=[N+]=N[C@@H]1CCC(C(=O)O)C1. The van der Waals surface area contributed by atoms with E-state index in [-0.39, 0.29) is 12.0 Å². The summed E-state index contributed by atoms with van der Waals surface area (Å²) in [5.41, 5.74) is 8.06. The molecule has 0 saturated heterocycles. The highest BCUT2D eigenvalue weighted by molar-refractivity contribution is 5.70. The number of hydrogen-bond acceptors (Lipinski definition) is 2. The predicted molar refractivity (Wildman–Crippen MR) is 37.9 cm³/mol. The minimum absolute atomic E-state index is 0.0962. The van der Waals surface area contributed by atoms with Crippen LogP contribution in [0.4, 0.5) is 0 Å². The summed E-state index contributed by atoms with van der Waals surface area (Å²) in [5, 5.41) is 12.0. The quantitative estimate of drug-likeness (QED) is 0.372. The Morgan fingerprint density at radius 2 is 2.36 bits per heavy atom. The van der Waals surface area contributed by atoms with Crippen molar-refractivity contribution in [2.45, 2.75) is 25.3 Å². The summed E-state index contributed by atoms with van der Waals surface area (Å²) in [5.74, 6) is -1.08. The molecule has 0 bridgehead atoms. The first-order valence-corrected chi connectivity index (χ1v) is 3.51. The smallest absolute Gasteiger partial charge is 0.306 e. The highest BCUT2D eigenvalue weighted by Crippen LogP contribution is 2.27. The Hall–Kier alpha value is -1.22. The van der Waals surface area contributed by atoms with E-state index in [1.54, 1.807) is 0 Å². The average molecular weight is 155 g/mol. The molecule has 11 heavy (non-hydrogen) atoms. The molecule has 1 N–H and O–H groups in total. The van der Waals surface area contributed by atoms with Crippen molar-refractivity contribution in [3.05, 3.63) is 10.4 Å². The molecule has 60 valence electrons. The maximum atomic E-state index is 10.4. The third-order valence-electron chi connectivity index (χ3n) is 1.97. The molecule has 1 unspecified atom stereocenters. The van der Waals surface area contributed by atoms with Gasteiger partial charge in [0.05, 0.1) is 5.92 Å². The van der Waals surface area contributed by atoms with Crippen molar-refractivity contribution < 1.29 is 9.90 Å². The molecule has 0 aliphatic heterocycles. The fraction of sp³-hybridized carbons (Fsp3) is 0.833. The number of carbonyl (C=O) groups is 1. The van der Waals surface area contributed by atoms with E-state index < -0.39 is 5.97 Å². The van der Waals surface area contributed by atoms with E-state index in [0.29, 0.717) is 19.3 Å². The highest BCUT2D eigenvalue weighted by atomic mass is 16.4. The first-order valence-electron chi connectivity index (χ1n) is 3.51. The molecular weight excluding hydrogens is 146 g/mol. The topological polar surface area (TPSA) is 86.1 Å². The molecule has 0 aromatic rings. The third-order valence-corrected chi connectivity index (χ3v) is 1.97. The van der Waals surface area contributed by atoms with Gasteiger partial charge >= 0.3 is 5.97 Å². The van der Waals surface area contributed by atoms with Gasteiger partial charge in [-0.25, -0.2) is 0 Å². The Kier molecular flexibility index (Phi) is 2.33. The van der Waals surface area contributed by atoms with E-state index in [9.17, 15) is 4.79 Å². The van der Waals surface area contributed by atoms with Gasteiger partial charge < -0.3 is 5.11 Å². The van der Waals surface area contributed by atoms with Crippen molar-refractivity contribution in [2.24, 2.45) is 11.0 Å². The molecule has 1 fully saturated rings. The van der Waals surface area contributed by atoms with Crippen molar-refractivity contribution >= 4 is 5.97 Å². The molecule has 0 aromatic heterocycles. The van der Waals surface area contributed by atoms with Crippen LogP contribution in [0.5, 0.6) is 0 Å². The Labute approximate surface area is 63.6 Å². The summed E-state index contributed by atoms with van der Waals surface area (Å²) in [6.45, 7) is 0. The first kappa shape index (κ1) is 7.88. The van der Waals surface area contributed by atoms with Gasteiger partial charge in [-0.3, -0.25) is 4.79 Å². The van der Waals surface area contributed by atoms with Crippen molar-refractivity contribution in [3.8, 4) is 0 Å². The van der Waals surface area contributed by atoms with Crippen LogP contribution in [-0.4, -0.2) is 17.1 Å². The van der Waals surface area contributed by atoms with Gasteiger partial charge in [-0.05, 0) is 24.8 Å². The average Bonchev–Trinajstić information content (AvgIpc) is 2.37. The van der Waals surface area contributed by atoms with Crippen molar-refractivity contribution in [1.29, 1.82) is 0 Å². The molecule has 0 heterocycles. The molecule has 1 rings (SSSR count). The number of nitrogens with zero attached hydrogens (tertiary/aromatic N) is 3. The minimum atomic E-state index is -0.777. The van der Waals surface area contributed by atoms with Crippen LogP contribution in [0.15, 0.2) is 5.11 Å². The number of carboxylic acid groups (broad SMARTS) is 1. The zero-order chi connectivity index (χ0) is 8.27. The number of hydrogen-bond donors (Lipinski definition) is 1. The normalized spacial score (nSPS) is 29.5. The van der Waals surface area contributed by atoms with Gasteiger partial charge in [0.25, 0.3) is 0 Å². The van der Waals surface area contributed by atoms with Crippen LogP contribution in [0.25, 0.3) is 10.4 Å². The summed E-state index contributed by atoms with van der Waals surface area (Å²) in [6, 6.07) is -0.0962. The lowest BCUT2D eigenvalue weighted by atomic mass is 10.1. The summed E-state index contributed by atoms with van der Waals surface area (Å²) in [7, 11) is 0. The van der Waals surface area contributed by atoms with Gasteiger partial charge in [0.1, 0.15) is 0 Å². The fourth-order valence-corrected chi connectivity index (χ4v) is 1.36. The Morgan fingerprint density at radius 1 is 1.64 bits per heavy atom. The molecule has 0 radical (unpaired) electrons. The maximum absolute atomic E-state index is 10.4. The lowest BCUT2D eigenvalue weighted by Crippen LogP contribution is -2.09. The molecule has 5 heteroatoms. The van der Waals surface area contributed by atoms with Gasteiger partial charge in [0.2, 0.25) is 0 Å². The monoisotopic (exact) mass is 155 g/mol. The number of rotatable bonds is 2. The van der Waals surface area contributed by atoms with Crippen LogP contribution in [0.1, 0.15) is 19.3 Å². The van der Waals surface area contributed by atoms with E-state index in [1.165, 1.54) is 0 Å². The van der Waals surface area contributed by atoms with E-state index in [2.05, 4.69) is 10.0 Å². The standard InChI is InChI=1S/C6H9N3O2/c7-9-8-5-2-1-4(3-5)6(10)11/h4-5H,1-3H2,(H,10,11)/t4?,5-/m1/s1. The largest absolute Gasteiger partial charge is 0.481 e. The number of aliphatic carboxylic acids is 1. The summed E-state index contributed by atoms with van der Waals surface area (Å²) in [6.07, 6.45) is 1.85. The lowest BCUT2D eigenvalue weighted by molar-refractivity contribution is -0.141. The Bertz CT molecular complexity index is 202. The molecule has 0 spiro atoms. The fourth-order valence-electron chi connectivity index (χ4n) is 1.36. The maximum Gasteiger partial charge on any atom is 0.306 e. The van der Waals surface area contributed by atoms with Crippen LogP contribution in [0.2, 0.25) is 0 Å². The van der Waals surface area contributed by atoms with Crippen molar-refractivity contribution in [2.75, 3.05) is 0 Å². The second kappa shape index (κ2) is 3.25. The van der Waals surface area contributed by atoms with Gasteiger partial charge in [0, 0.05) is 11.0 Å². The van der Waals surface area contributed by atoms with Gasteiger partial charge in [-0.1, -0.05) is 5.11 Å². The first-order chi connectivity index (χ1) is 5.24. The molecule has 2 atom stereocenters. The predicted octanol–water partition coefficient (Wildman–Crippen LogP) is 1.55. The van der Waals surface area contributed by atoms with E-state index in [1.807, 2.05) is 0 Å². The zero-order valence-electron chi connectivity index (χ0n) is 5.97. The molecule has 0 amide bonds. The highest BCUT2D eigenvalue weighted by Gasteiger charge is 2.28. The van der Waals surface area contributed by atoms with E-state index in [4.69, 9.17) is 10.6 Å². The zero-order valence-corrected chi connectivity index (χ0v) is 5.97. The second-order valence-electron chi connectivity index (χ2n) is 2.71. The van der Waals surface area contributed by atoms with E-state index >= 15 is 0 Å². The third kappa shape index (κ3) is 1.85. The van der Waals surface area contributed by atoms with Gasteiger partial charge in [-0.15, -0.1) is 0 Å². The molecule has 1 aliphatic carbocycles. The molecular formula is C6H9N3O2. The molecule has 1 saturated carbocycles. The summed E-state index contributed by atoms with van der Waals surface area (Å²) in [4.78, 5) is 13.1. The van der Waals surface area contributed by atoms with Crippen molar-refractivity contribution in [1.82, 2.24) is 0 Å². The minimum Gasteiger partial charge on any atom is -0.481 e. The van der Waals surface area contributed by atoms with Gasteiger partial charge in [-0.2, -0.15) is 0 Å². The van der Waals surface area contributed by atoms with Crippen LogP contribution >= 0.6 is 0 Å². The van der Waals surface area contributed by atoms with E-state index in [0.717, 1.165) is 0 Å². The second-order valence-corrected chi connectivity index (χ2v) is 2.71. The lowest BCUT2D eigenvalue weighted by Gasteiger charge is -1.99.